The van der Waals surface area contributed by atoms with E-state index < -0.39 is 24.5 Å². The van der Waals surface area contributed by atoms with E-state index in [1.807, 2.05) is 30.3 Å². The molecule has 1 saturated heterocycles. The number of rotatable bonds is 6. The summed E-state index contributed by atoms with van der Waals surface area (Å²) in [6.45, 7) is -0.228. The molecule has 0 aromatic heterocycles. The van der Waals surface area contributed by atoms with E-state index in [-0.39, 0.29) is 12.2 Å². The Hall–Kier alpha value is -3.61. The number of carboxylic acid groups (broad SMARTS) is 1. The average Bonchev–Trinajstić information content (AvgIpc) is 2.89. The molecular formula is C19H16N2O5. The van der Waals surface area contributed by atoms with Crippen LogP contribution in [0.4, 0.5) is 4.79 Å². The second kappa shape index (κ2) is 7.52. The Morgan fingerprint density at radius 2 is 1.77 bits per heavy atom. The summed E-state index contributed by atoms with van der Waals surface area (Å²) < 4.78 is 5.05. The van der Waals surface area contributed by atoms with Crippen molar-refractivity contribution in [1.82, 2.24) is 10.2 Å². The number of hydrogen-bond donors (Lipinski definition) is 2. The van der Waals surface area contributed by atoms with Gasteiger partial charge in [0.1, 0.15) is 11.4 Å². The van der Waals surface area contributed by atoms with E-state index in [0.717, 1.165) is 10.5 Å². The first kappa shape index (κ1) is 17.2. The van der Waals surface area contributed by atoms with Crippen molar-refractivity contribution in [2.24, 2.45) is 0 Å². The van der Waals surface area contributed by atoms with Gasteiger partial charge in [0.05, 0.1) is 6.54 Å². The predicted octanol–water partition coefficient (Wildman–Crippen LogP) is 2.24. The third kappa shape index (κ3) is 4.07. The second-order valence-electron chi connectivity index (χ2n) is 5.62. The molecule has 7 nitrogen and oxygen atoms in total. The molecule has 2 N–H and O–H groups in total. The summed E-state index contributed by atoms with van der Waals surface area (Å²) in [5, 5.41) is 11.2. The van der Waals surface area contributed by atoms with Gasteiger partial charge < -0.3 is 15.2 Å². The standard InChI is InChI=1S/C19H16N2O5/c22-17(23)12-26-15-8-6-13(7-9-15)10-16-18(24)21(19(25)20-16)11-14-4-2-1-3-5-14/h1-10H,11-12H2,(H,20,25)(H,22,23). The first-order valence-corrected chi connectivity index (χ1v) is 7.86. The van der Waals surface area contributed by atoms with Gasteiger partial charge >= 0.3 is 12.0 Å². The van der Waals surface area contributed by atoms with Crippen LogP contribution in [-0.2, 0) is 16.1 Å². The first-order valence-electron chi connectivity index (χ1n) is 7.86. The Morgan fingerprint density at radius 3 is 2.42 bits per heavy atom. The van der Waals surface area contributed by atoms with Crippen molar-refractivity contribution in [1.29, 1.82) is 0 Å². The van der Waals surface area contributed by atoms with Crippen LogP contribution in [0.25, 0.3) is 6.08 Å². The molecule has 2 aromatic rings. The van der Waals surface area contributed by atoms with Gasteiger partial charge in [-0.25, -0.2) is 9.59 Å². The van der Waals surface area contributed by atoms with Crippen LogP contribution in [-0.4, -0.2) is 34.5 Å². The van der Waals surface area contributed by atoms with E-state index in [0.29, 0.717) is 11.3 Å². The minimum absolute atomic E-state index is 0.185. The summed E-state index contributed by atoms with van der Waals surface area (Å²) in [4.78, 5) is 36.1. The predicted molar refractivity (Wildman–Crippen MR) is 93.1 cm³/mol. The van der Waals surface area contributed by atoms with E-state index >= 15 is 0 Å². The van der Waals surface area contributed by atoms with Crippen molar-refractivity contribution in [3.8, 4) is 5.75 Å². The first-order chi connectivity index (χ1) is 12.5. The molecule has 132 valence electrons. The fourth-order valence-electron chi connectivity index (χ4n) is 2.45. The Labute approximate surface area is 149 Å². The summed E-state index contributed by atoms with van der Waals surface area (Å²) in [5.41, 5.74) is 1.72. The highest BCUT2D eigenvalue weighted by Crippen LogP contribution is 2.18. The normalized spacial score (nSPS) is 15.2. The molecule has 0 unspecified atom stereocenters. The quantitative estimate of drug-likeness (QED) is 0.614. The molecule has 0 spiro atoms. The molecule has 3 amide bonds. The van der Waals surface area contributed by atoms with E-state index in [4.69, 9.17) is 9.84 Å². The number of carbonyl (C=O) groups excluding carboxylic acids is 2. The maximum atomic E-state index is 12.5. The van der Waals surface area contributed by atoms with Gasteiger partial charge in [0.25, 0.3) is 5.91 Å². The van der Waals surface area contributed by atoms with Gasteiger partial charge in [-0.2, -0.15) is 0 Å². The number of nitrogens with one attached hydrogen (secondary N) is 1. The fraction of sp³-hybridized carbons (Fsp3) is 0.105. The summed E-state index contributed by atoms with van der Waals surface area (Å²) in [6.07, 6.45) is 1.56. The molecule has 2 aromatic carbocycles. The van der Waals surface area contributed by atoms with Gasteiger partial charge in [-0.05, 0) is 29.3 Å². The molecule has 0 atom stereocenters. The molecule has 7 heteroatoms. The number of nitrogens with zero attached hydrogens (tertiary/aromatic N) is 1. The van der Waals surface area contributed by atoms with Crippen molar-refractivity contribution >= 4 is 24.0 Å². The zero-order valence-corrected chi connectivity index (χ0v) is 13.7. The van der Waals surface area contributed by atoms with Gasteiger partial charge in [-0.15, -0.1) is 0 Å². The summed E-state index contributed by atoms with van der Waals surface area (Å²) >= 11 is 0. The maximum absolute atomic E-state index is 12.5. The van der Waals surface area contributed by atoms with Gasteiger partial charge in [-0.1, -0.05) is 42.5 Å². The van der Waals surface area contributed by atoms with Gasteiger partial charge in [0.15, 0.2) is 6.61 Å². The van der Waals surface area contributed by atoms with Crippen LogP contribution >= 0.6 is 0 Å². The number of carbonyl (C=O) groups is 3. The van der Waals surface area contributed by atoms with Crippen LogP contribution in [0.3, 0.4) is 0 Å². The molecule has 0 radical (unpaired) electrons. The smallest absolute Gasteiger partial charge is 0.341 e. The van der Waals surface area contributed by atoms with Gasteiger partial charge in [-0.3, -0.25) is 9.69 Å². The zero-order chi connectivity index (χ0) is 18.5. The van der Waals surface area contributed by atoms with Crippen molar-refractivity contribution in [3.63, 3.8) is 0 Å². The van der Waals surface area contributed by atoms with E-state index in [9.17, 15) is 14.4 Å². The molecule has 0 aliphatic carbocycles. The topological polar surface area (TPSA) is 95.9 Å². The van der Waals surface area contributed by atoms with E-state index in [2.05, 4.69) is 5.32 Å². The molecule has 0 saturated carbocycles. The van der Waals surface area contributed by atoms with Gasteiger partial charge in [0, 0.05) is 0 Å². The fourth-order valence-corrected chi connectivity index (χ4v) is 2.45. The molecule has 3 rings (SSSR count). The van der Waals surface area contributed by atoms with E-state index in [1.165, 1.54) is 0 Å². The SMILES string of the molecule is O=C(O)COc1ccc(C=C2NC(=O)N(Cc3ccccc3)C2=O)cc1. The number of benzene rings is 2. The third-order valence-corrected chi connectivity index (χ3v) is 3.70. The molecule has 1 aliphatic heterocycles. The monoisotopic (exact) mass is 352 g/mol. The summed E-state index contributed by atoms with van der Waals surface area (Å²) in [5.74, 6) is -1.05. The molecular weight excluding hydrogens is 336 g/mol. The number of aliphatic carboxylic acids is 1. The van der Waals surface area contributed by atoms with Crippen LogP contribution in [0.2, 0.25) is 0 Å². The van der Waals surface area contributed by atoms with E-state index in [1.54, 1.807) is 30.3 Å². The highest BCUT2D eigenvalue weighted by atomic mass is 16.5. The lowest BCUT2D eigenvalue weighted by Crippen LogP contribution is -2.30. The molecule has 1 aliphatic rings. The minimum atomic E-state index is -1.06. The number of imide groups is 1. The zero-order valence-electron chi connectivity index (χ0n) is 13.7. The lowest BCUT2D eigenvalue weighted by Gasteiger charge is -2.11. The largest absolute Gasteiger partial charge is 0.482 e. The molecule has 0 bridgehead atoms. The Morgan fingerprint density at radius 1 is 1.08 bits per heavy atom. The Kier molecular flexibility index (Phi) is 4.98. The third-order valence-electron chi connectivity index (χ3n) is 3.70. The highest BCUT2D eigenvalue weighted by molar-refractivity contribution is 6.13. The lowest BCUT2D eigenvalue weighted by molar-refractivity contribution is -0.139. The van der Waals surface area contributed by atoms with Crippen molar-refractivity contribution < 1.29 is 24.2 Å². The number of urea groups is 1. The maximum Gasteiger partial charge on any atom is 0.341 e. The average molecular weight is 352 g/mol. The number of hydrogen-bond acceptors (Lipinski definition) is 4. The summed E-state index contributed by atoms with van der Waals surface area (Å²) in [7, 11) is 0. The van der Waals surface area contributed by atoms with Crippen molar-refractivity contribution in [2.45, 2.75) is 6.54 Å². The summed E-state index contributed by atoms with van der Waals surface area (Å²) in [6, 6.07) is 15.3. The number of carboxylic acids is 1. The molecule has 26 heavy (non-hydrogen) atoms. The second-order valence-corrected chi connectivity index (χ2v) is 5.62. The number of amides is 3. The highest BCUT2D eigenvalue weighted by Gasteiger charge is 2.33. The van der Waals surface area contributed by atoms with Crippen LogP contribution in [0.5, 0.6) is 5.75 Å². The molecule has 1 fully saturated rings. The van der Waals surface area contributed by atoms with Gasteiger partial charge in [0.2, 0.25) is 0 Å². The van der Waals surface area contributed by atoms with Crippen LogP contribution in [0.15, 0.2) is 60.3 Å². The Bertz CT molecular complexity index is 859. The number of ether oxygens (including phenoxy) is 1. The van der Waals surface area contributed by atoms with Crippen LogP contribution in [0.1, 0.15) is 11.1 Å². The van der Waals surface area contributed by atoms with Crippen LogP contribution in [0, 0.1) is 0 Å². The van der Waals surface area contributed by atoms with Crippen molar-refractivity contribution in [2.75, 3.05) is 6.61 Å². The minimum Gasteiger partial charge on any atom is -0.482 e. The van der Waals surface area contributed by atoms with Crippen molar-refractivity contribution in [3.05, 3.63) is 71.4 Å². The molecule has 1 heterocycles. The lowest BCUT2D eigenvalue weighted by atomic mass is 10.1. The Balaban J connectivity index is 1.70. The van der Waals surface area contributed by atoms with Crippen LogP contribution < -0.4 is 10.1 Å².